The van der Waals surface area contributed by atoms with Crippen LogP contribution in [0.3, 0.4) is 0 Å². The molecule has 25 heavy (non-hydrogen) atoms. The summed E-state index contributed by atoms with van der Waals surface area (Å²) >= 11 is 0. The average molecular weight is 369 g/mol. The number of nitrogens with zero attached hydrogens (tertiary/aromatic N) is 2. The van der Waals surface area contributed by atoms with Crippen LogP contribution >= 0.6 is 0 Å². The van der Waals surface area contributed by atoms with Gasteiger partial charge in [0.15, 0.2) is 0 Å². The Bertz CT molecular complexity index is 1100. The Morgan fingerprint density at radius 2 is 1.60 bits per heavy atom. The van der Waals surface area contributed by atoms with Gasteiger partial charge < -0.3 is 0 Å². The maximum atomic E-state index is 13.4. The fourth-order valence-electron chi connectivity index (χ4n) is 3.07. The van der Waals surface area contributed by atoms with Gasteiger partial charge in [-0.05, 0) is 25.1 Å². The third-order valence-electron chi connectivity index (χ3n) is 4.21. The van der Waals surface area contributed by atoms with Gasteiger partial charge in [0.25, 0.3) is 10.0 Å². The Morgan fingerprint density at radius 1 is 1.00 bits per heavy atom. The molecular weight excluding hydrogens is 348 g/mol. The molecule has 2 aromatic carbocycles. The number of para-hydroxylation sites is 1. The highest BCUT2D eigenvalue weighted by Crippen LogP contribution is 2.27. The van der Waals surface area contributed by atoms with Crippen LogP contribution in [0.2, 0.25) is 19.6 Å². The quantitative estimate of drug-likeness (QED) is 0.664. The van der Waals surface area contributed by atoms with E-state index in [4.69, 9.17) is 0 Å². The molecular formula is C19H20N2O2SSi. The Hall–Kier alpha value is -2.36. The Morgan fingerprint density at radius 3 is 2.16 bits per heavy atom. The SMILES string of the molecule is Cc1ccc(S(=O)(=O)n2c([Si](C)(C)C)c(C#N)c3ccccc32)cc1. The van der Waals surface area contributed by atoms with Crippen LogP contribution in [0.4, 0.5) is 0 Å². The van der Waals surface area contributed by atoms with E-state index in [2.05, 4.69) is 25.7 Å². The molecule has 0 bridgehead atoms. The van der Waals surface area contributed by atoms with Crippen molar-refractivity contribution in [1.29, 1.82) is 5.26 Å². The Labute approximate surface area is 149 Å². The number of rotatable bonds is 3. The first-order valence-electron chi connectivity index (χ1n) is 8.04. The molecule has 0 N–H and O–H groups in total. The predicted molar refractivity (Wildman–Crippen MR) is 103 cm³/mol. The van der Waals surface area contributed by atoms with Crippen LogP contribution in [0.25, 0.3) is 10.9 Å². The summed E-state index contributed by atoms with van der Waals surface area (Å²) in [6.07, 6.45) is 0. The van der Waals surface area contributed by atoms with E-state index < -0.39 is 18.1 Å². The molecule has 0 spiro atoms. The van der Waals surface area contributed by atoms with E-state index in [0.717, 1.165) is 5.56 Å². The maximum Gasteiger partial charge on any atom is 0.268 e. The lowest BCUT2D eigenvalue weighted by Gasteiger charge is -2.21. The molecule has 0 aliphatic carbocycles. The minimum Gasteiger partial charge on any atom is -0.241 e. The first-order valence-corrected chi connectivity index (χ1v) is 13.0. The van der Waals surface area contributed by atoms with Gasteiger partial charge >= 0.3 is 0 Å². The zero-order valence-corrected chi connectivity index (χ0v) is 16.6. The number of fused-ring (bicyclic) bond motifs is 1. The molecule has 0 aliphatic rings. The van der Waals surface area contributed by atoms with E-state index >= 15 is 0 Å². The second-order valence-corrected chi connectivity index (χ2v) is 13.9. The van der Waals surface area contributed by atoms with Gasteiger partial charge in [0.2, 0.25) is 0 Å². The lowest BCUT2D eigenvalue weighted by Crippen LogP contribution is -2.46. The molecule has 1 heterocycles. The molecule has 0 radical (unpaired) electrons. The molecule has 3 aromatic rings. The monoisotopic (exact) mass is 368 g/mol. The molecule has 128 valence electrons. The van der Waals surface area contributed by atoms with E-state index in [1.165, 1.54) is 3.97 Å². The first kappa shape index (κ1) is 17.5. The van der Waals surface area contributed by atoms with Crippen molar-refractivity contribution < 1.29 is 8.42 Å². The van der Waals surface area contributed by atoms with Crippen molar-refractivity contribution in [1.82, 2.24) is 3.97 Å². The number of aromatic nitrogens is 1. The predicted octanol–water partition coefficient (Wildman–Crippen LogP) is 3.60. The molecule has 4 nitrogen and oxygen atoms in total. The molecule has 0 amide bonds. The molecule has 1 aromatic heterocycles. The summed E-state index contributed by atoms with van der Waals surface area (Å²) in [6, 6.07) is 16.3. The van der Waals surface area contributed by atoms with Crippen molar-refractivity contribution in [3.05, 3.63) is 59.7 Å². The van der Waals surface area contributed by atoms with Crippen molar-refractivity contribution in [2.24, 2.45) is 0 Å². The second-order valence-electron chi connectivity index (χ2n) is 7.19. The highest BCUT2D eigenvalue weighted by Gasteiger charge is 2.33. The van der Waals surface area contributed by atoms with Crippen LogP contribution in [0.1, 0.15) is 11.1 Å². The van der Waals surface area contributed by atoms with Crippen LogP contribution in [-0.4, -0.2) is 20.5 Å². The second kappa shape index (κ2) is 5.87. The van der Waals surface area contributed by atoms with Gasteiger partial charge in [-0.15, -0.1) is 0 Å². The maximum absolute atomic E-state index is 13.4. The Balaban J connectivity index is 2.48. The standard InChI is InChI=1S/C19H20N2O2SSi/c1-14-9-11-15(12-10-14)24(22,23)21-18-8-6-5-7-16(18)17(13-20)19(21)25(2,3)4/h5-12H,1-4H3. The van der Waals surface area contributed by atoms with E-state index in [1.54, 1.807) is 36.4 Å². The van der Waals surface area contributed by atoms with E-state index in [0.29, 0.717) is 21.8 Å². The van der Waals surface area contributed by atoms with Crippen LogP contribution in [0.5, 0.6) is 0 Å². The zero-order chi connectivity index (χ0) is 18.4. The molecule has 6 heteroatoms. The van der Waals surface area contributed by atoms with Crippen molar-refractivity contribution in [2.45, 2.75) is 31.5 Å². The smallest absolute Gasteiger partial charge is 0.241 e. The molecule has 0 aliphatic heterocycles. The van der Waals surface area contributed by atoms with Gasteiger partial charge in [-0.2, -0.15) is 5.26 Å². The van der Waals surface area contributed by atoms with Gasteiger partial charge in [-0.3, -0.25) is 0 Å². The number of hydrogen-bond acceptors (Lipinski definition) is 3. The third-order valence-corrected chi connectivity index (χ3v) is 8.00. The van der Waals surface area contributed by atoms with Gasteiger partial charge in [0.1, 0.15) is 14.1 Å². The molecule has 0 unspecified atom stereocenters. The highest BCUT2D eigenvalue weighted by atomic mass is 32.2. The van der Waals surface area contributed by atoms with Gasteiger partial charge in [-0.1, -0.05) is 55.5 Å². The number of nitriles is 1. The molecule has 0 atom stereocenters. The van der Waals surface area contributed by atoms with Crippen molar-refractivity contribution in [3.8, 4) is 6.07 Å². The molecule has 0 saturated heterocycles. The summed E-state index contributed by atoms with van der Waals surface area (Å²) in [6.45, 7) is 8.10. The minimum atomic E-state index is -3.79. The molecule has 3 rings (SSSR count). The van der Waals surface area contributed by atoms with E-state index in [-0.39, 0.29) is 4.90 Å². The van der Waals surface area contributed by atoms with Crippen LogP contribution < -0.4 is 5.32 Å². The van der Waals surface area contributed by atoms with Crippen LogP contribution in [0.15, 0.2) is 53.4 Å². The normalized spacial score (nSPS) is 12.3. The fraction of sp³-hybridized carbons (Fsp3) is 0.211. The zero-order valence-electron chi connectivity index (χ0n) is 14.7. The summed E-state index contributed by atoms with van der Waals surface area (Å²) in [5, 5.41) is 11.1. The largest absolute Gasteiger partial charge is 0.268 e. The molecule has 0 saturated carbocycles. The van der Waals surface area contributed by atoms with Gasteiger partial charge in [0.05, 0.1) is 16.0 Å². The summed E-state index contributed by atoms with van der Waals surface area (Å²) in [5.41, 5.74) is 2.04. The van der Waals surface area contributed by atoms with Gasteiger partial charge in [-0.25, -0.2) is 12.4 Å². The van der Waals surface area contributed by atoms with Crippen LogP contribution in [0, 0.1) is 18.3 Å². The first-order chi connectivity index (χ1) is 11.7. The highest BCUT2D eigenvalue weighted by molar-refractivity contribution is 7.90. The number of benzene rings is 2. The minimum absolute atomic E-state index is 0.239. The molecule has 0 fully saturated rings. The number of aryl methyl sites for hydroxylation is 1. The third kappa shape index (κ3) is 2.79. The lowest BCUT2D eigenvalue weighted by atomic mass is 10.2. The number of hydrogen-bond donors (Lipinski definition) is 0. The fourth-order valence-corrected chi connectivity index (χ4v) is 7.36. The lowest BCUT2D eigenvalue weighted by molar-refractivity contribution is 0.590. The average Bonchev–Trinajstić information content (AvgIpc) is 2.90. The van der Waals surface area contributed by atoms with Crippen molar-refractivity contribution in [3.63, 3.8) is 0 Å². The van der Waals surface area contributed by atoms with E-state index in [9.17, 15) is 13.7 Å². The van der Waals surface area contributed by atoms with Crippen molar-refractivity contribution in [2.75, 3.05) is 0 Å². The van der Waals surface area contributed by atoms with E-state index in [1.807, 2.05) is 19.1 Å². The van der Waals surface area contributed by atoms with Crippen LogP contribution in [-0.2, 0) is 10.0 Å². The topological polar surface area (TPSA) is 62.9 Å². The summed E-state index contributed by atoms with van der Waals surface area (Å²) < 4.78 is 28.3. The summed E-state index contributed by atoms with van der Waals surface area (Å²) in [4.78, 5) is 0.239. The summed E-state index contributed by atoms with van der Waals surface area (Å²) in [7, 11) is -5.90. The summed E-state index contributed by atoms with van der Waals surface area (Å²) in [5.74, 6) is 0. The Kier molecular flexibility index (Phi) is 4.10. The van der Waals surface area contributed by atoms with Crippen molar-refractivity contribution >= 4 is 34.3 Å². The van der Waals surface area contributed by atoms with Gasteiger partial charge in [0, 0.05) is 10.7 Å².